The van der Waals surface area contributed by atoms with Crippen molar-refractivity contribution in [2.24, 2.45) is 5.41 Å². The van der Waals surface area contributed by atoms with Gasteiger partial charge in [0, 0.05) is 6.04 Å². The number of nitrogens with one attached hydrogen (secondary N) is 1. The van der Waals surface area contributed by atoms with Gasteiger partial charge in [0.05, 0.1) is 5.69 Å². The van der Waals surface area contributed by atoms with Crippen LogP contribution in [0.15, 0.2) is 18.2 Å². The molecule has 0 spiro atoms. The van der Waals surface area contributed by atoms with Crippen molar-refractivity contribution in [2.45, 2.75) is 45.6 Å². The highest BCUT2D eigenvalue weighted by molar-refractivity contribution is 5.58. The number of hydrogen-bond donors (Lipinski definition) is 1. The summed E-state index contributed by atoms with van der Waals surface area (Å²) in [5.74, 6) is -0.447. The number of benzene rings is 1. The van der Waals surface area contributed by atoms with Gasteiger partial charge in [-0.15, -0.1) is 0 Å². The molecular formula is C15H19FN2. The summed E-state index contributed by atoms with van der Waals surface area (Å²) >= 11 is 0. The fourth-order valence-electron chi connectivity index (χ4n) is 2.80. The minimum absolute atomic E-state index is 0.126. The summed E-state index contributed by atoms with van der Waals surface area (Å²) in [6, 6.07) is 7.03. The topological polar surface area (TPSA) is 35.8 Å². The first-order chi connectivity index (χ1) is 8.52. The molecule has 1 aliphatic rings. The Kier molecular flexibility index (Phi) is 3.56. The summed E-state index contributed by atoms with van der Waals surface area (Å²) in [5, 5.41) is 12.3. The third-order valence-electron chi connectivity index (χ3n) is 3.69. The van der Waals surface area contributed by atoms with Gasteiger partial charge in [-0.2, -0.15) is 5.26 Å². The van der Waals surface area contributed by atoms with E-state index in [1.807, 2.05) is 6.07 Å². The number of hydrogen-bond acceptors (Lipinski definition) is 2. The molecule has 1 saturated carbocycles. The van der Waals surface area contributed by atoms with E-state index in [2.05, 4.69) is 19.2 Å². The molecule has 0 heterocycles. The molecule has 1 atom stereocenters. The zero-order valence-corrected chi connectivity index (χ0v) is 11.0. The van der Waals surface area contributed by atoms with Crippen molar-refractivity contribution in [1.82, 2.24) is 0 Å². The summed E-state index contributed by atoms with van der Waals surface area (Å²) in [7, 11) is 0. The lowest BCUT2D eigenvalue weighted by Gasteiger charge is -2.36. The average molecular weight is 246 g/mol. The van der Waals surface area contributed by atoms with Gasteiger partial charge in [-0.3, -0.25) is 0 Å². The fraction of sp³-hybridized carbons (Fsp3) is 0.533. The van der Waals surface area contributed by atoms with Crippen LogP contribution in [0.25, 0.3) is 0 Å². The number of nitriles is 1. The third kappa shape index (κ3) is 2.81. The molecule has 2 nitrogen and oxygen atoms in total. The van der Waals surface area contributed by atoms with Crippen molar-refractivity contribution in [2.75, 3.05) is 5.32 Å². The van der Waals surface area contributed by atoms with E-state index in [1.165, 1.54) is 18.9 Å². The zero-order valence-electron chi connectivity index (χ0n) is 11.0. The second kappa shape index (κ2) is 4.97. The highest BCUT2D eigenvalue weighted by Crippen LogP contribution is 2.36. The maximum absolute atomic E-state index is 13.5. The Labute approximate surface area is 108 Å². The first kappa shape index (κ1) is 12.9. The van der Waals surface area contributed by atoms with E-state index in [0.717, 1.165) is 12.8 Å². The van der Waals surface area contributed by atoms with Gasteiger partial charge < -0.3 is 5.32 Å². The van der Waals surface area contributed by atoms with Crippen LogP contribution in [0.1, 0.15) is 45.1 Å². The predicted octanol–water partition coefficient (Wildman–Crippen LogP) is 4.08. The molecule has 1 aliphatic carbocycles. The van der Waals surface area contributed by atoms with Crippen LogP contribution in [0.5, 0.6) is 0 Å². The minimum Gasteiger partial charge on any atom is -0.381 e. The van der Waals surface area contributed by atoms with Gasteiger partial charge in [-0.05, 0) is 36.8 Å². The third-order valence-corrected chi connectivity index (χ3v) is 3.69. The van der Waals surface area contributed by atoms with Gasteiger partial charge >= 0.3 is 0 Å². The number of nitrogens with zero attached hydrogens (tertiary/aromatic N) is 1. The van der Waals surface area contributed by atoms with Crippen LogP contribution >= 0.6 is 0 Å². The number of halogens is 1. The number of anilines is 1. The molecule has 1 unspecified atom stereocenters. The van der Waals surface area contributed by atoms with E-state index in [4.69, 9.17) is 5.26 Å². The van der Waals surface area contributed by atoms with Crippen LogP contribution in [0.2, 0.25) is 0 Å². The van der Waals surface area contributed by atoms with Gasteiger partial charge in [0.1, 0.15) is 17.4 Å². The number of rotatable bonds is 2. The van der Waals surface area contributed by atoms with Gasteiger partial charge in [-0.25, -0.2) is 4.39 Å². The van der Waals surface area contributed by atoms with E-state index in [-0.39, 0.29) is 5.56 Å². The molecule has 0 radical (unpaired) electrons. The Morgan fingerprint density at radius 3 is 2.89 bits per heavy atom. The molecule has 1 aromatic carbocycles. The normalized spacial score (nSPS) is 22.2. The van der Waals surface area contributed by atoms with Crippen LogP contribution in [0.3, 0.4) is 0 Å². The Balaban J connectivity index is 2.15. The molecule has 2 rings (SSSR count). The summed E-state index contributed by atoms with van der Waals surface area (Å²) < 4.78 is 13.5. The predicted molar refractivity (Wildman–Crippen MR) is 70.8 cm³/mol. The second-order valence-electron chi connectivity index (χ2n) is 5.88. The largest absolute Gasteiger partial charge is 0.381 e. The van der Waals surface area contributed by atoms with Crippen molar-refractivity contribution in [3.63, 3.8) is 0 Å². The molecule has 0 amide bonds. The first-order valence-electron chi connectivity index (χ1n) is 6.47. The average Bonchev–Trinajstić information content (AvgIpc) is 2.28. The van der Waals surface area contributed by atoms with Gasteiger partial charge in [-0.1, -0.05) is 26.3 Å². The molecule has 1 N–H and O–H groups in total. The van der Waals surface area contributed by atoms with Crippen LogP contribution < -0.4 is 5.32 Å². The van der Waals surface area contributed by atoms with Crippen molar-refractivity contribution in [3.8, 4) is 6.07 Å². The van der Waals surface area contributed by atoms with E-state index in [1.54, 1.807) is 12.1 Å². The Bertz CT molecular complexity index is 474. The molecule has 1 aromatic rings. The molecule has 0 saturated heterocycles. The molecule has 0 aliphatic heterocycles. The van der Waals surface area contributed by atoms with Crippen LogP contribution in [0.4, 0.5) is 10.1 Å². The van der Waals surface area contributed by atoms with Crippen molar-refractivity contribution < 1.29 is 4.39 Å². The molecule has 96 valence electrons. The highest BCUT2D eigenvalue weighted by Gasteiger charge is 2.28. The summed E-state index contributed by atoms with van der Waals surface area (Å²) in [4.78, 5) is 0. The summed E-state index contributed by atoms with van der Waals surface area (Å²) in [5.41, 5.74) is 1.08. The van der Waals surface area contributed by atoms with Crippen molar-refractivity contribution >= 4 is 5.69 Å². The Morgan fingerprint density at radius 2 is 2.22 bits per heavy atom. The molecule has 3 heteroatoms. The van der Waals surface area contributed by atoms with E-state index < -0.39 is 5.82 Å². The van der Waals surface area contributed by atoms with E-state index in [9.17, 15) is 4.39 Å². The quantitative estimate of drug-likeness (QED) is 0.853. The molecule has 1 fully saturated rings. The molecule has 18 heavy (non-hydrogen) atoms. The molecule has 0 bridgehead atoms. The van der Waals surface area contributed by atoms with Crippen molar-refractivity contribution in [1.29, 1.82) is 5.26 Å². The lowest BCUT2D eigenvalue weighted by Crippen LogP contribution is -2.32. The molecular weight excluding hydrogens is 227 g/mol. The fourth-order valence-corrected chi connectivity index (χ4v) is 2.80. The smallest absolute Gasteiger partial charge is 0.143 e. The SMILES string of the molecule is CC1(C)CCCC(Nc2cccc(F)c2C#N)C1. The van der Waals surface area contributed by atoms with Crippen LogP contribution in [-0.2, 0) is 0 Å². The lowest BCUT2D eigenvalue weighted by atomic mass is 9.75. The van der Waals surface area contributed by atoms with Crippen LogP contribution in [-0.4, -0.2) is 6.04 Å². The van der Waals surface area contributed by atoms with E-state index in [0.29, 0.717) is 17.1 Å². The Morgan fingerprint density at radius 1 is 1.44 bits per heavy atom. The highest BCUT2D eigenvalue weighted by atomic mass is 19.1. The zero-order chi connectivity index (χ0) is 13.2. The monoisotopic (exact) mass is 246 g/mol. The first-order valence-corrected chi connectivity index (χ1v) is 6.47. The lowest BCUT2D eigenvalue weighted by molar-refractivity contribution is 0.229. The maximum Gasteiger partial charge on any atom is 0.143 e. The Hall–Kier alpha value is -1.56. The van der Waals surface area contributed by atoms with Gasteiger partial charge in [0.15, 0.2) is 0 Å². The molecule has 0 aromatic heterocycles. The summed E-state index contributed by atoms with van der Waals surface area (Å²) in [6.07, 6.45) is 4.57. The van der Waals surface area contributed by atoms with E-state index >= 15 is 0 Å². The van der Waals surface area contributed by atoms with Crippen molar-refractivity contribution in [3.05, 3.63) is 29.6 Å². The standard InChI is InChI=1S/C15H19FN2/c1-15(2)8-4-5-11(9-15)18-14-7-3-6-13(16)12(14)10-17/h3,6-7,11,18H,4-5,8-9H2,1-2H3. The minimum atomic E-state index is -0.447. The summed E-state index contributed by atoms with van der Waals surface area (Å²) in [6.45, 7) is 4.52. The van der Waals surface area contributed by atoms with Crippen LogP contribution in [0, 0.1) is 22.6 Å². The second-order valence-corrected chi connectivity index (χ2v) is 5.88. The maximum atomic E-state index is 13.5. The van der Waals surface area contributed by atoms with Gasteiger partial charge in [0.25, 0.3) is 0 Å². The van der Waals surface area contributed by atoms with Gasteiger partial charge in [0.2, 0.25) is 0 Å².